The van der Waals surface area contributed by atoms with E-state index in [1.165, 1.54) is 4.80 Å². The van der Waals surface area contributed by atoms with Gasteiger partial charge in [-0.05, 0) is 37.3 Å². The second-order valence-corrected chi connectivity index (χ2v) is 7.66. The summed E-state index contributed by atoms with van der Waals surface area (Å²) in [5, 5.41) is 11.5. The number of carbonyl (C=O) groups is 1. The van der Waals surface area contributed by atoms with Crippen LogP contribution in [0, 0.1) is 6.92 Å². The van der Waals surface area contributed by atoms with Crippen LogP contribution in [-0.4, -0.2) is 25.9 Å². The second kappa shape index (κ2) is 6.60. The molecule has 0 radical (unpaired) electrons. The van der Waals surface area contributed by atoms with Crippen molar-refractivity contribution < 1.29 is 9.21 Å². The van der Waals surface area contributed by atoms with Gasteiger partial charge in [0, 0.05) is 11.1 Å². The van der Waals surface area contributed by atoms with Crippen LogP contribution >= 0.6 is 0 Å². The van der Waals surface area contributed by atoms with E-state index in [9.17, 15) is 4.79 Å². The number of carbonyl (C=O) groups excluding carboxylic acids is 1. The molecule has 7 heteroatoms. The van der Waals surface area contributed by atoms with Crippen molar-refractivity contribution in [3.8, 4) is 5.69 Å². The fraction of sp³-hybridized carbons (Fsp3) is 0.238. The third-order valence-corrected chi connectivity index (χ3v) is 4.27. The Morgan fingerprint density at radius 1 is 1.07 bits per heavy atom. The van der Waals surface area contributed by atoms with Gasteiger partial charge in [0.2, 0.25) is 5.89 Å². The molecule has 142 valence electrons. The summed E-state index contributed by atoms with van der Waals surface area (Å²) < 4.78 is 5.80. The zero-order chi connectivity index (χ0) is 19.9. The number of para-hydroxylation sites is 1. The van der Waals surface area contributed by atoms with Crippen molar-refractivity contribution in [3.05, 3.63) is 65.8 Å². The van der Waals surface area contributed by atoms with E-state index < -0.39 is 0 Å². The molecule has 0 saturated heterocycles. The summed E-state index contributed by atoms with van der Waals surface area (Å²) in [7, 11) is 0. The number of nitrogens with zero attached hydrogens (tertiary/aromatic N) is 4. The molecule has 4 rings (SSSR count). The smallest absolute Gasteiger partial charge is 0.278 e. The summed E-state index contributed by atoms with van der Waals surface area (Å²) in [5.41, 5.74) is 3.46. The number of benzene rings is 2. The third kappa shape index (κ3) is 3.38. The van der Waals surface area contributed by atoms with Crippen molar-refractivity contribution in [2.24, 2.45) is 0 Å². The summed E-state index contributed by atoms with van der Waals surface area (Å²) in [6.07, 6.45) is 0. The van der Waals surface area contributed by atoms with Crippen LogP contribution in [-0.2, 0) is 5.41 Å². The first-order valence-corrected chi connectivity index (χ1v) is 9.03. The molecule has 0 aliphatic rings. The maximum atomic E-state index is 12.7. The number of amides is 1. The Kier molecular flexibility index (Phi) is 4.22. The van der Waals surface area contributed by atoms with Crippen molar-refractivity contribution in [2.45, 2.75) is 33.1 Å². The van der Waals surface area contributed by atoms with Crippen molar-refractivity contribution in [1.29, 1.82) is 0 Å². The highest BCUT2D eigenvalue weighted by Crippen LogP contribution is 2.27. The van der Waals surface area contributed by atoms with Gasteiger partial charge in [0.15, 0.2) is 11.3 Å². The number of fused-ring (bicyclic) bond motifs is 1. The Hall–Kier alpha value is -3.48. The van der Waals surface area contributed by atoms with Gasteiger partial charge >= 0.3 is 0 Å². The Bertz CT molecular complexity index is 1150. The molecule has 0 aliphatic carbocycles. The normalized spacial score (nSPS) is 11.7. The van der Waals surface area contributed by atoms with Gasteiger partial charge in [-0.2, -0.15) is 9.90 Å². The van der Waals surface area contributed by atoms with Crippen LogP contribution in [0.4, 0.5) is 5.69 Å². The quantitative estimate of drug-likeness (QED) is 0.578. The van der Waals surface area contributed by atoms with Gasteiger partial charge in [0.25, 0.3) is 5.91 Å². The van der Waals surface area contributed by atoms with E-state index in [4.69, 9.17) is 4.42 Å². The standard InChI is InChI=1S/C21H21N5O2/c1-13-18(25-26(24-13)15-8-6-5-7-9-15)19(27)22-14-10-11-17-16(12-14)23-20(28-17)21(2,3)4/h5-12H,1-4H3,(H,22,27). The number of hydrogen-bond donors (Lipinski definition) is 1. The molecule has 2 heterocycles. The topological polar surface area (TPSA) is 85.8 Å². The maximum Gasteiger partial charge on any atom is 0.278 e. The van der Waals surface area contributed by atoms with Crippen LogP contribution in [0.3, 0.4) is 0 Å². The first-order chi connectivity index (χ1) is 13.3. The molecule has 7 nitrogen and oxygen atoms in total. The Labute approximate surface area is 162 Å². The molecule has 1 amide bonds. The molecule has 2 aromatic carbocycles. The fourth-order valence-electron chi connectivity index (χ4n) is 2.78. The highest BCUT2D eigenvalue weighted by atomic mass is 16.3. The number of hydrogen-bond acceptors (Lipinski definition) is 5. The van der Waals surface area contributed by atoms with Crippen LogP contribution in [0.1, 0.15) is 42.8 Å². The molecular weight excluding hydrogens is 354 g/mol. The summed E-state index contributed by atoms with van der Waals surface area (Å²) in [4.78, 5) is 18.7. The van der Waals surface area contributed by atoms with E-state index in [0.717, 1.165) is 5.69 Å². The number of anilines is 1. The minimum absolute atomic E-state index is 0.185. The molecule has 0 atom stereocenters. The van der Waals surface area contributed by atoms with Crippen molar-refractivity contribution in [3.63, 3.8) is 0 Å². The molecule has 0 saturated carbocycles. The summed E-state index contributed by atoms with van der Waals surface area (Å²) in [6, 6.07) is 14.9. The average molecular weight is 375 g/mol. The molecule has 28 heavy (non-hydrogen) atoms. The summed E-state index contributed by atoms with van der Waals surface area (Å²) >= 11 is 0. The van der Waals surface area contributed by atoms with Gasteiger partial charge in [-0.15, -0.1) is 5.10 Å². The molecule has 4 aromatic rings. The summed E-state index contributed by atoms with van der Waals surface area (Å²) in [6.45, 7) is 7.88. The predicted octanol–water partition coefficient (Wildman–Crippen LogP) is 4.27. The molecule has 0 spiro atoms. The lowest BCUT2D eigenvalue weighted by Gasteiger charge is -2.11. The van der Waals surface area contributed by atoms with Crippen LogP contribution in [0.25, 0.3) is 16.8 Å². The van der Waals surface area contributed by atoms with Gasteiger partial charge in [0.05, 0.1) is 11.4 Å². The van der Waals surface area contributed by atoms with Gasteiger partial charge in [0.1, 0.15) is 5.52 Å². The van der Waals surface area contributed by atoms with Crippen LogP contribution in [0.2, 0.25) is 0 Å². The molecule has 0 aliphatic heterocycles. The molecule has 1 N–H and O–H groups in total. The van der Waals surface area contributed by atoms with Gasteiger partial charge in [-0.3, -0.25) is 4.79 Å². The zero-order valence-corrected chi connectivity index (χ0v) is 16.2. The fourth-order valence-corrected chi connectivity index (χ4v) is 2.78. The van der Waals surface area contributed by atoms with Gasteiger partial charge < -0.3 is 9.73 Å². The van der Waals surface area contributed by atoms with E-state index in [0.29, 0.717) is 28.4 Å². The lowest BCUT2D eigenvalue weighted by atomic mass is 9.97. The minimum atomic E-state index is -0.321. The number of rotatable bonds is 3. The molecular formula is C21H21N5O2. The van der Waals surface area contributed by atoms with Gasteiger partial charge in [-0.25, -0.2) is 4.98 Å². The number of aryl methyl sites for hydroxylation is 1. The Balaban J connectivity index is 1.59. The summed E-state index contributed by atoms with van der Waals surface area (Å²) in [5.74, 6) is 0.339. The zero-order valence-electron chi connectivity index (χ0n) is 16.2. The van der Waals surface area contributed by atoms with Crippen LogP contribution in [0.5, 0.6) is 0 Å². The maximum absolute atomic E-state index is 12.7. The Morgan fingerprint density at radius 2 is 1.82 bits per heavy atom. The second-order valence-electron chi connectivity index (χ2n) is 7.66. The van der Waals surface area contributed by atoms with Crippen molar-refractivity contribution in [1.82, 2.24) is 20.0 Å². The van der Waals surface area contributed by atoms with E-state index in [1.54, 1.807) is 25.1 Å². The lowest BCUT2D eigenvalue weighted by Crippen LogP contribution is -2.14. The van der Waals surface area contributed by atoms with Crippen molar-refractivity contribution >= 4 is 22.7 Å². The first-order valence-electron chi connectivity index (χ1n) is 9.03. The molecule has 2 aromatic heterocycles. The predicted molar refractivity (Wildman–Crippen MR) is 107 cm³/mol. The van der Waals surface area contributed by atoms with E-state index in [-0.39, 0.29) is 17.0 Å². The third-order valence-electron chi connectivity index (χ3n) is 4.27. The van der Waals surface area contributed by atoms with Crippen molar-refractivity contribution in [2.75, 3.05) is 5.32 Å². The highest BCUT2D eigenvalue weighted by molar-refractivity contribution is 6.04. The van der Waals surface area contributed by atoms with Gasteiger partial charge in [-0.1, -0.05) is 39.0 Å². The molecule has 0 fully saturated rings. The largest absolute Gasteiger partial charge is 0.440 e. The lowest BCUT2D eigenvalue weighted by molar-refractivity contribution is 0.102. The number of aromatic nitrogens is 4. The number of oxazole rings is 1. The van der Waals surface area contributed by atoms with Crippen LogP contribution < -0.4 is 5.32 Å². The van der Waals surface area contributed by atoms with E-state index >= 15 is 0 Å². The van der Waals surface area contributed by atoms with Crippen LogP contribution in [0.15, 0.2) is 52.9 Å². The highest BCUT2D eigenvalue weighted by Gasteiger charge is 2.21. The first kappa shape index (κ1) is 17.9. The minimum Gasteiger partial charge on any atom is -0.440 e. The Morgan fingerprint density at radius 3 is 2.54 bits per heavy atom. The molecule has 0 unspecified atom stereocenters. The SMILES string of the molecule is Cc1nn(-c2ccccc2)nc1C(=O)Nc1ccc2oc(C(C)(C)C)nc2c1. The average Bonchev–Trinajstić information content (AvgIpc) is 3.25. The van der Waals surface area contributed by atoms with E-state index in [1.807, 2.05) is 51.1 Å². The molecule has 0 bridgehead atoms. The monoisotopic (exact) mass is 375 g/mol. The number of nitrogens with one attached hydrogen (secondary N) is 1. The van der Waals surface area contributed by atoms with E-state index in [2.05, 4.69) is 20.5 Å².